The Morgan fingerprint density at radius 1 is 0.660 bits per heavy atom. The summed E-state index contributed by atoms with van der Waals surface area (Å²) in [6, 6.07) is 30.1. The molecule has 0 saturated carbocycles. The van der Waals surface area contributed by atoms with Crippen molar-refractivity contribution in [1.29, 1.82) is 15.8 Å². The molecule has 0 amide bonds. The molecule has 0 radical (unpaired) electrons. The number of nitriles is 3. The van der Waals surface area contributed by atoms with Crippen LogP contribution in [0.25, 0.3) is 0 Å². The number of hydrogen-bond acceptors (Lipinski definition) is 8. The van der Waals surface area contributed by atoms with Crippen LogP contribution >= 0.6 is 0 Å². The molecule has 47 heavy (non-hydrogen) atoms. The van der Waals surface area contributed by atoms with E-state index < -0.39 is 0 Å². The van der Waals surface area contributed by atoms with Crippen LogP contribution in [0.5, 0.6) is 0 Å². The first kappa shape index (κ1) is 39.1. The summed E-state index contributed by atoms with van der Waals surface area (Å²) in [7, 11) is 1.50. The maximum Gasteiger partial charge on any atom is 0.101 e. The molecule has 10 N–H and O–H groups in total. The standard InChI is InChI=1S/C25H24N4.C13H15N3.CH5N/c1-19(16-26)6-2-7-20-9-4-12-23(14-20)25(29)24-13-5-10-21(15-24)8-3-11-22(17-27)18-28;14-8-12-5-1-3-11(7-12)4-2-6-13(9-15)10-16;1-2/h2-6,9-15,17,25H,1,7-8,27,29H2;1-3,5-7,9H,4,8,14-15H2;2H2,1H3/b6-2-,11-3-,22-17+;6-2-,13-9+;. The molecule has 3 rings (SSSR count). The minimum absolute atomic E-state index is 0.240. The summed E-state index contributed by atoms with van der Waals surface area (Å²) in [5.74, 6) is 0. The van der Waals surface area contributed by atoms with Gasteiger partial charge in [0, 0.05) is 24.5 Å². The fraction of sp³-hybridized carbons (Fsp3) is 0.154. The lowest BCUT2D eigenvalue weighted by Crippen LogP contribution is -2.12. The fourth-order valence-corrected chi connectivity index (χ4v) is 4.18. The van der Waals surface area contributed by atoms with Crippen LogP contribution in [0.3, 0.4) is 0 Å². The van der Waals surface area contributed by atoms with Crippen LogP contribution in [0.4, 0.5) is 0 Å². The van der Waals surface area contributed by atoms with Crippen molar-refractivity contribution in [3.63, 3.8) is 0 Å². The third kappa shape index (κ3) is 15.1. The minimum atomic E-state index is -0.240. The van der Waals surface area contributed by atoms with Crippen molar-refractivity contribution in [2.24, 2.45) is 28.7 Å². The Morgan fingerprint density at radius 3 is 1.47 bits per heavy atom. The van der Waals surface area contributed by atoms with Crippen molar-refractivity contribution in [1.82, 2.24) is 0 Å². The molecular weight excluding hydrogens is 580 g/mol. The maximum absolute atomic E-state index is 8.89. The zero-order valence-corrected chi connectivity index (χ0v) is 26.9. The third-order valence-corrected chi connectivity index (χ3v) is 6.58. The summed E-state index contributed by atoms with van der Waals surface area (Å²) < 4.78 is 0. The Hall–Kier alpha value is -5.95. The SMILES string of the molecule is C=C(C#N)/C=C\Cc1cccc(C(N)c2cccc(C/C=C\C(C#N)=C/N)c2)c1.CN.N#CC(/C=C\Cc1cccc(CN)c1)=C/N. The van der Waals surface area contributed by atoms with Gasteiger partial charge in [0.2, 0.25) is 0 Å². The molecule has 0 saturated heterocycles. The Balaban J connectivity index is 0.000000518. The summed E-state index contributed by atoms with van der Waals surface area (Å²) in [4.78, 5) is 0. The van der Waals surface area contributed by atoms with Gasteiger partial charge in [-0.25, -0.2) is 0 Å². The molecule has 0 aliphatic carbocycles. The summed E-state index contributed by atoms with van der Waals surface area (Å²) in [6.45, 7) is 4.19. The van der Waals surface area contributed by atoms with E-state index in [1.165, 1.54) is 25.0 Å². The Labute approximate surface area is 279 Å². The highest BCUT2D eigenvalue weighted by atomic mass is 14.6. The summed E-state index contributed by atoms with van der Waals surface area (Å²) in [6.07, 6.45) is 15.7. The third-order valence-electron chi connectivity index (χ3n) is 6.58. The second-order valence-corrected chi connectivity index (χ2v) is 9.92. The van der Waals surface area contributed by atoms with E-state index in [2.05, 4.69) is 30.5 Å². The van der Waals surface area contributed by atoms with Gasteiger partial charge >= 0.3 is 0 Å². The van der Waals surface area contributed by atoms with Gasteiger partial charge < -0.3 is 28.7 Å². The number of hydrogen-bond donors (Lipinski definition) is 5. The van der Waals surface area contributed by atoms with E-state index in [4.69, 9.17) is 38.7 Å². The first-order chi connectivity index (χ1) is 22.9. The molecule has 8 heteroatoms. The highest BCUT2D eigenvalue weighted by Gasteiger charge is 2.10. The fourth-order valence-electron chi connectivity index (χ4n) is 4.18. The number of nitrogens with two attached hydrogens (primary N) is 5. The van der Waals surface area contributed by atoms with Gasteiger partial charge in [0.15, 0.2) is 0 Å². The van der Waals surface area contributed by atoms with Gasteiger partial charge in [-0.1, -0.05) is 97.6 Å². The lowest BCUT2D eigenvalue weighted by Gasteiger charge is -2.14. The molecule has 0 heterocycles. The second kappa shape index (κ2) is 23.4. The molecule has 0 bridgehead atoms. The quantitative estimate of drug-likeness (QED) is 0.127. The summed E-state index contributed by atoms with van der Waals surface area (Å²) in [5, 5.41) is 26.3. The largest absolute Gasteiger partial charge is 0.404 e. The van der Waals surface area contributed by atoms with Crippen LogP contribution < -0.4 is 28.7 Å². The number of nitrogens with zero attached hydrogens (tertiary/aromatic N) is 3. The van der Waals surface area contributed by atoms with E-state index in [1.54, 1.807) is 18.2 Å². The van der Waals surface area contributed by atoms with Crippen LogP contribution in [0, 0.1) is 34.0 Å². The Morgan fingerprint density at radius 2 is 1.06 bits per heavy atom. The molecule has 1 atom stereocenters. The van der Waals surface area contributed by atoms with E-state index in [0.717, 1.165) is 34.2 Å². The molecule has 1 unspecified atom stereocenters. The van der Waals surface area contributed by atoms with E-state index in [9.17, 15) is 0 Å². The molecule has 3 aromatic rings. The molecule has 240 valence electrons. The van der Waals surface area contributed by atoms with Gasteiger partial charge in [0.05, 0.1) is 23.3 Å². The smallest absolute Gasteiger partial charge is 0.101 e. The molecule has 3 aromatic carbocycles. The summed E-state index contributed by atoms with van der Waals surface area (Å²) >= 11 is 0. The average Bonchev–Trinajstić information content (AvgIpc) is 3.13. The molecule has 0 aliphatic heterocycles. The van der Waals surface area contributed by atoms with E-state index >= 15 is 0 Å². The molecule has 0 fully saturated rings. The lowest BCUT2D eigenvalue weighted by atomic mass is 9.95. The highest BCUT2D eigenvalue weighted by molar-refractivity contribution is 5.39. The average molecular weight is 625 g/mol. The zero-order valence-electron chi connectivity index (χ0n) is 26.9. The van der Waals surface area contributed by atoms with Gasteiger partial charge in [-0.3, -0.25) is 0 Å². The Kier molecular flexibility index (Phi) is 19.5. The van der Waals surface area contributed by atoms with Crippen LogP contribution in [0.2, 0.25) is 0 Å². The van der Waals surface area contributed by atoms with Crippen LogP contribution in [0.15, 0.2) is 145 Å². The first-order valence-electron chi connectivity index (χ1n) is 14.9. The molecular formula is C39H44N8. The van der Waals surface area contributed by atoms with Crippen molar-refractivity contribution in [3.05, 3.63) is 178 Å². The van der Waals surface area contributed by atoms with Gasteiger partial charge in [-0.15, -0.1) is 0 Å². The van der Waals surface area contributed by atoms with Gasteiger partial charge in [0.25, 0.3) is 0 Å². The lowest BCUT2D eigenvalue weighted by molar-refractivity contribution is 0.866. The molecule has 0 aromatic heterocycles. The number of rotatable bonds is 12. The van der Waals surface area contributed by atoms with Gasteiger partial charge in [-0.2, -0.15) is 15.8 Å². The van der Waals surface area contributed by atoms with E-state index in [0.29, 0.717) is 36.1 Å². The first-order valence-corrected chi connectivity index (χ1v) is 14.9. The maximum atomic E-state index is 8.89. The predicted molar refractivity (Wildman–Crippen MR) is 192 cm³/mol. The van der Waals surface area contributed by atoms with Crippen molar-refractivity contribution in [2.75, 3.05) is 7.05 Å². The van der Waals surface area contributed by atoms with Crippen molar-refractivity contribution >= 4 is 0 Å². The van der Waals surface area contributed by atoms with Crippen molar-refractivity contribution < 1.29 is 0 Å². The summed E-state index contributed by atoms with van der Waals surface area (Å²) in [5.41, 5.74) is 35.1. The van der Waals surface area contributed by atoms with Crippen LogP contribution in [-0.2, 0) is 25.8 Å². The highest BCUT2D eigenvalue weighted by Crippen LogP contribution is 2.22. The number of benzene rings is 3. The van der Waals surface area contributed by atoms with E-state index in [1.807, 2.05) is 91.0 Å². The van der Waals surface area contributed by atoms with Gasteiger partial charge in [-0.05, 0) is 77.9 Å². The van der Waals surface area contributed by atoms with Crippen molar-refractivity contribution in [3.8, 4) is 18.2 Å². The minimum Gasteiger partial charge on any atom is -0.404 e. The topological polar surface area (TPSA) is 201 Å². The van der Waals surface area contributed by atoms with Crippen LogP contribution in [-0.4, -0.2) is 7.05 Å². The van der Waals surface area contributed by atoms with Crippen molar-refractivity contribution in [2.45, 2.75) is 31.8 Å². The number of allylic oxidation sites excluding steroid dienone is 9. The Bertz CT molecular complexity index is 1710. The van der Waals surface area contributed by atoms with Crippen LogP contribution in [0.1, 0.15) is 39.4 Å². The molecule has 0 aliphatic rings. The second-order valence-electron chi connectivity index (χ2n) is 9.92. The van der Waals surface area contributed by atoms with E-state index in [-0.39, 0.29) is 6.04 Å². The van der Waals surface area contributed by atoms with Gasteiger partial charge in [0.1, 0.15) is 12.1 Å². The molecule has 8 nitrogen and oxygen atoms in total. The zero-order chi connectivity index (χ0) is 34.9. The predicted octanol–water partition coefficient (Wildman–Crippen LogP) is 5.56. The normalized spacial score (nSPS) is 11.9. The molecule has 0 spiro atoms. The monoisotopic (exact) mass is 624 g/mol.